The number of carbonyl (C=O) groups excluding carboxylic acids is 1. The highest BCUT2D eigenvalue weighted by Crippen LogP contribution is 2.31. The number of ether oxygens (including phenoxy) is 1. The number of carbonyl (C=O) groups is 1. The van der Waals surface area contributed by atoms with E-state index in [0.29, 0.717) is 17.4 Å². The minimum Gasteiger partial charge on any atom is -0.457 e. The first-order chi connectivity index (χ1) is 11.3. The van der Waals surface area contributed by atoms with Gasteiger partial charge in [0.25, 0.3) is 5.91 Å². The van der Waals surface area contributed by atoms with Crippen LogP contribution in [0, 0.1) is 5.92 Å². The zero-order chi connectivity index (χ0) is 15.6. The van der Waals surface area contributed by atoms with Crippen molar-refractivity contribution in [2.45, 2.75) is 24.9 Å². The van der Waals surface area contributed by atoms with E-state index in [1.165, 1.54) is 6.42 Å². The molecule has 118 valence electrons. The predicted molar refractivity (Wildman–Crippen MR) is 88.7 cm³/mol. The molecular weight excluding hydrogens is 288 g/mol. The smallest absolute Gasteiger partial charge is 0.251 e. The molecule has 2 fully saturated rings. The van der Waals surface area contributed by atoms with E-state index in [2.05, 4.69) is 10.6 Å². The van der Waals surface area contributed by atoms with Crippen molar-refractivity contribution < 1.29 is 9.53 Å². The zero-order valence-corrected chi connectivity index (χ0v) is 12.9. The third kappa shape index (κ3) is 3.08. The Kier molecular flexibility index (Phi) is 3.75. The molecule has 0 spiro atoms. The lowest BCUT2D eigenvalue weighted by molar-refractivity contribution is 0.0928. The molecule has 23 heavy (non-hydrogen) atoms. The Bertz CT molecular complexity index is 702. The highest BCUT2D eigenvalue weighted by Gasteiger charge is 2.40. The molecule has 4 nitrogen and oxygen atoms in total. The van der Waals surface area contributed by atoms with Gasteiger partial charge in [-0.15, -0.1) is 0 Å². The SMILES string of the molecule is O=C(NC1CC2CNC1C2)c1cccc(Oc2ccccc2)c1. The van der Waals surface area contributed by atoms with Crippen LogP contribution in [-0.4, -0.2) is 24.5 Å². The summed E-state index contributed by atoms with van der Waals surface area (Å²) in [6.07, 6.45) is 2.27. The van der Waals surface area contributed by atoms with Crippen LogP contribution in [0.25, 0.3) is 0 Å². The Morgan fingerprint density at radius 3 is 2.61 bits per heavy atom. The Labute approximate surface area is 135 Å². The van der Waals surface area contributed by atoms with Gasteiger partial charge in [-0.05, 0) is 55.6 Å². The number of rotatable bonds is 4. The standard InChI is InChI=1S/C19H20N2O2/c22-19(21-18-10-13-9-17(18)20-12-13)14-5-4-8-16(11-14)23-15-6-2-1-3-7-15/h1-8,11,13,17-18,20H,9-10,12H2,(H,21,22). The number of benzene rings is 2. The highest BCUT2D eigenvalue weighted by molar-refractivity contribution is 5.94. The van der Waals surface area contributed by atoms with E-state index in [0.717, 1.165) is 24.6 Å². The Balaban J connectivity index is 1.44. The molecule has 1 aliphatic heterocycles. The van der Waals surface area contributed by atoms with Crippen molar-refractivity contribution in [3.05, 3.63) is 60.2 Å². The second kappa shape index (κ2) is 6.05. The second-order valence-corrected chi connectivity index (χ2v) is 6.38. The van der Waals surface area contributed by atoms with E-state index < -0.39 is 0 Å². The molecule has 4 rings (SSSR count). The monoisotopic (exact) mass is 308 g/mol. The molecule has 4 heteroatoms. The Morgan fingerprint density at radius 2 is 1.87 bits per heavy atom. The fourth-order valence-electron chi connectivity index (χ4n) is 3.59. The lowest BCUT2D eigenvalue weighted by atomic mass is 10.1. The molecule has 2 aromatic rings. The van der Waals surface area contributed by atoms with Gasteiger partial charge in [0.1, 0.15) is 11.5 Å². The fraction of sp³-hybridized carbons (Fsp3) is 0.316. The highest BCUT2D eigenvalue weighted by atomic mass is 16.5. The summed E-state index contributed by atoms with van der Waals surface area (Å²) < 4.78 is 5.80. The number of amides is 1. The van der Waals surface area contributed by atoms with Crippen LogP contribution in [0.1, 0.15) is 23.2 Å². The summed E-state index contributed by atoms with van der Waals surface area (Å²) in [7, 11) is 0. The van der Waals surface area contributed by atoms with Crippen molar-refractivity contribution in [1.82, 2.24) is 10.6 Å². The van der Waals surface area contributed by atoms with Gasteiger partial charge in [0.15, 0.2) is 0 Å². The fourth-order valence-corrected chi connectivity index (χ4v) is 3.59. The van der Waals surface area contributed by atoms with Crippen LogP contribution in [0.2, 0.25) is 0 Å². The van der Waals surface area contributed by atoms with Crippen molar-refractivity contribution in [3.63, 3.8) is 0 Å². The third-order valence-corrected chi connectivity index (χ3v) is 4.72. The van der Waals surface area contributed by atoms with Crippen molar-refractivity contribution in [2.24, 2.45) is 5.92 Å². The van der Waals surface area contributed by atoms with E-state index in [1.807, 2.05) is 48.5 Å². The van der Waals surface area contributed by atoms with E-state index in [1.54, 1.807) is 6.07 Å². The van der Waals surface area contributed by atoms with E-state index in [4.69, 9.17) is 4.74 Å². The zero-order valence-electron chi connectivity index (χ0n) is 12.9. The van der Waals surface area contributed by atoms with Crippen LogP contribution in [0.5, 0.6) is 11.5 Å². The minimum absolute atomic E-state index is 0.0251. The number of fused-ring (bicyclic) bond motifs is 2. The molecule has 1 saturated heterocycles. The van der Waals surface area contributed by atoms with Gasteiger partial charge < -0.3 is 15.4 Å². The van der Waals surface area contributed by atoms with Gasteiger partial charge in [0.05, 0.1) is 0 Å². The second-order valence-electron chi connectivity index (χ2n) is 6.38. The average Bonchev–Trinajstić information content (AvgIpc) is 3.19. The summed E-state index contributed by atoms with van der Waals surface area (Å²) in [5.41, 5.74) is 0.640. The van der Waals surface area contributed by atoms with E-state index in [-0.39, 0.29) is 11.9 Å². The average molecular weight is 308 g/mol. The summed E-state index contributed by atoms with van der Waals surface area (Å²) in [6.45, 7) is 1.09. The summed E-state index contributed by atoms with van der Waals surface area (Å²) in [5.74, 6) is 2.14. The molecule has 1 aliphatic carbocycles. The first-order valence-electron chi connectivity index (χ1n) is 8.15. The van der Waals surface area contributed by atoms with E-state index in [9.17, 15) is 4.79 Å². The Morgan fingerprint density at radius 1 is 1.04 bits per heavy atom. The first kappa shape index (κ1) is 14.3. The van der Waals surface area contributed by atoms with Crippen molar-refractivity contribution in [2.75, 3.05) is 6.54 Å². The van der Waals surface area contributed by atoms with Gasteiger partial charge >= 0.3 is 0 Å². The van der Waals surface area contributed by atoms with Crippen LogP contribution < -0.4 is 15.4 Å². The Hall–Kier alpha value is -2.33. The summed E-state index contributed by atoms with van der Waals surface area (Å²) in [5, 5.41) is 6.63. The molecule has 2 N–H and O–H groups in total. The van der Waals surface area contributed by atoms with Crippen LogP contribution in [-0.2, 0) is 0 Å². The molecular formula is C19H20N2O2. The van der Waals surface area contributed by atoms with Crippen LogP contribution in [0.4, 0.5) is 0 Å². The number of nitrogens with one attached hydrogen (secondary N) is 2. The van der Waals surface area contributed by atoms with Crippen molar-refractivity contribution in [1.29, 1.82) is 0 Å². The lowest BCUT2D eigenvalue weighted by Crippen LogP contribution is -2.47. The number of hydrogen-bond acceptors (Lipinski definition) is 3. The van der Waals surface area contributed by atoms with Crippen LogP contribution in [0.3, 0.4) is 0 Å². The van der Waals surface area contributed by atoms with Gasteiger partial charge in [-0.1, -0.05) is 24.3 Å². The number of para-hydroxylation sites is 1. The summed E-state index contributed by atoms with van der Waals surface area (Å²) in [6, 6.07) is 17.6. The molecule has 2 aromatic carbocycles. The normalized spacial score (nSPS) is 25.3. The molecule has 3 unspecified atom stereocenters. The van der Waals surface area contributed by atoms with Gasteiger partial charge in [0, 0.05) is 17.6 Å². The van der Waals surface area contributed by atoms with Crippen LogP contribution in [0.15, 0.2) is 54.6 Å². The maximum atomic E-state index is 12.5. The molecule has 1 saturated carbocycles. The molecule has 1 amide bonds. The largest absolute Gasteiger partial charge is 0.457 e. The van der Waals surface area contributed by atoms with Crippen LogP contribution >= 0.6 is 0 Å². The molecule has 3 atom stereocenters. The molecule has 0 aromatic heterocycles. The van der Waals surface area contributed by atoms with Crippen molar-refractivity contribution in [3.8, 4) is 11.5 Å². The quantitative estimate of drug-likeness (QED) is 0.913. The minimum atomic E-state index is -0.0251. The van der Waals surface area contributed by atoms with Gasteiger partial charge in [-0.3, -0.25) is 4.79 Å². The van der Waals surface area contributed by atoms with E-state index >= 15 is 0 Å². The topological polar surface area (TPSA) is 50.4 Å². The van der Waals surface area contributed by atoms with Gasteiger partial charge in [-0.2, -0.15) is 0 Å². The third-order valence-electron chi connectivity index (χ3n) is 4.72. The number of piperidine rings is 1. The predicted octanol–water partition coefficient (Wildman–Crippen LogP) is 2.96. The molecule has 2 bridgehead atoms. The van der Waals surface area contributed by atoms with Gasteiger partial charge in [0.2, 0.25) is 0 Å². The van der Waals surface area contributed by atoms with Gasteiger partial charge in [-0.25, -0.2) is 0 Å². The molecule has 2 aliphatic rings. The van der Waals surface area contributed by atoms with Crippen molar-refractivity contribution >= 4 is 5.91 Å². The number of hydrogen-bond donors (Lipinski definition) is 2. The maximum Gasteiger partial charge on any atom is 0.251 e. The maximum absolute atomic E-state index is 12.5. The molecule has 0 radical (unpaired) electrons. The lowest BCUT2D eigenvalue weighted by Gasteiger charge is -2.24. The summed E-state index contributed by atoms with van der Waals surface area (Å²) >= 11 is 0. The first-order valence-corrected chi connectivity index (χ1v) is 8.15. The summed E-state index contributed by atoms with van der Waals surface area (Å²) in [4.78, 5) is 12.5. The molecule has 1 heterocycles.